The molecular formula is C16H24N4. The van der Waals surface area contributed by atoms with Gasteiger partial charge in [-0.15, -0.1) is 0 Å². The number of hydrogen-bond acceptors (Lipinski definition) is 3. The Balaban J connectivity index is 2.10. The zero-order valence-corrected chi connectivity index (χ0v) is 12.3. The molecule has 108 valence electrons. The van der Waals surface area contributed by atoms with Gasteiger partial charge in [0.1, 0.15) is 0 Å². The Kier molecular flexibility index (Phi) is 5.32. The van der Waals surface area contributed by atoms with Crippen LogP contribution in [0.4, 0.5) is 0 Å². The Morgan fingerprint density at radius 3 is 2.65 bits per heavy atom. The Bertz CT molecular complexity index is 506. The van der Waals surface area contributed by atoms with Gasteiger partial charge in [-0.2, -0.15) is 5.10 Å². The average Bonchev–Trinajstić information content (AvgIpc) is 2.95. The molecule has 0 saturated heterocycles. The van der Waals surface area contributed by atoms with Gasteiger partial charge in [-0.1, -0.05) is 44.9 Å². The first-order valence-electron chi connectivity index (χ1n) is 7.31. The molecule has 0 aliphatic carbocycles. The van der Waals surface area contributed by atoms with Gasteiger partial charge in [-0.25, -0.2) is 4.68 Å². The highest BCUT2D eigenvalue weighted by Crippen LogP contribution is 2.22. The van der Waals surface area contributed by atoms with Gasteiger partial charge in [0.05, 0.1) is 17.4 Å². The predicted octanol–water partition coefficient (Wildman–Crippen LogP) is 3.20. The van der Waals surface area contributed by atoms with Gasteiger partial charge < -0.3 is 0 Å². The molecule has 0 amide bonds. The van der Waals surface area contributed by atoms with Crippen LogP contribution < -0.4 is 11.3 Å². The monoisotopic (exact) mass is 272 g/mol. The summed E-state index contributed by atoms with van der Waals surface area (Å²) in [6.07, 6.45) is 5.42. The smallest absolute Gasteiger partial charge is 0.0812 e. The van der Waals surface area contributed by atoms with E-state index in [-0.39, 0.29) is 6.04 Å². The van der Waals surface area contributed by atoms with Crippen molar-refractivity contribution in [3.05, 3.63) is 48.3 Å². The summed E-state index contributed by atoms with van der Waals surface area (Å²) in [4.78, 5) is 0. The van der Waals surface area contributed by atoms with E-state index in [1.807, 2.05) is 47.3 Å². The number of nitrogens with two attached hydrogens (primary N) is 1. The molecule has 2 unspecified atom stereocenters. The van der Waals surface area contributed by atoms with Crippen LogP contribution >= 0.6 is 0 Å². The fourth-order valence-corrected chi connectivity index (χ4v) is 2.54. The lowest BCUT2D eigenvalue weighted by molar-refractivity contribution is 0.388. The van der Waals surface area contributed by atoms with Crippen molar-refractivity contribution >= 4 is 0 Å². The molecule has 2 rings (SSSR count). The van der Waals surface area contributed by atoms with E-state index in [0.717, 1.165) is 17.8 Å². The highest BCUT2D eigenvalue weighted by Gasteiger charge is 2.16. The van der Waals surface area contributed by atoms with Crippen molar-refractivity contribution in [3.8, 4) is 5.69 Å². The number of aromatic nitrogens is 2. The van der Waals surface area contributed by atoms with Crippen LogP contribution in [0.2, 0.25) is 0 Å². The molecule has 4 heteroatoms. The van der Waals surface area contributed by atoms with E-state index in [1.54, 1.807) is 0 Å². The van der Waals surface area contributed by atoms with Crippen molar-refractivity contribution in [2.24, 2.45) is 11.8 Å². The zero-order valence-electron chi connectivity index (χ0n) is 12.3. The number of hydrogen-bond donors (Lipinski definition) is 2. The molecule has 0 bridgehead atoms. The maximum Gasteiger partial charge on any atom is 0.0812 e. The van der Waals surface area contributed by atoms with Gasteiger partial charge in [0.2, 0.25) is 0 Å². The van der Waals surface area contributed by atoms with Crippen LogP contribution in [0.15, 0.2) is 42.6 Å². The molecule has 2 aromatic rings. The molecule has 0 saturated carbocycles. The quantitative estimate of drug-likeness (QED) is 0.601. The summed E-state index contributed by atoms with van der Waals surface area (Å²) in [5.74, 6) is 6.34. The topological polar surface area (TPSA) is 55.9 Å². The lowest BCUT2D eigenvalue weighted by Gasteiger charge is -2.18. The van der Waals surface area contributed by atoms with Crippen LogP contribution in [0, 0.1) is 5.92 Å². The van der Waals surface area contributed by atoms with E-state index in [2.05, 4.69) is 24.4 Å². The van der Waals surface area contributed by atoms with Crippen molar-refractivity contribution in [3.63, 3.8) is 0 Å². The van der Waals surface area contributed by atoms with Crippen molar-refractivity contribution in [1.29, 1.82) is 0 Å². The molecule has 1 heterocycles. The largest absolute Gasteiger partial charge is 0.271 e. The fraction of sp³-hybridized carbons (Fsp3) is 0.438. The normalized spacial score (nSPS) is 14.2. The number of nitrogens with one attached hydrogen (secondary N) is 1. The van der Waals surface area contributed by atoms with Gasteiger partial charge >= 0.3 is 0 Å². The molecule has 3 N–H and O–H groups in total. The predicted molar refractivity (Wildman–Crippen MR) is 82.3 cm³/mol. The number of nitrogens with zero attached hydrogens (tertiary/aromatic N) is 2. The van der Waals surface area contributed by atoms with Crippen LogP contribution in [0.5, 0.6) is 0 Å². The minimum Gasteiger partial charge on any atom is -0.271 e. The fourth-order valence-electron chi connectivity index (χ4n) is 2.54. The minimum atomic E-state index is 0.113. The van der Waals surface area contributed by atoms with E-state index in [0.29, 0.717) is 5.92 Å². The number of benzene rings is 1. The summed E-state index contributed by atoms with van der Waals surface area (Å²) in [6.45, 7) is 4.48. The summed E-state index contributed by atoms with van der Waals surface area (Å²) in [5.41, 5.74) is 4.96. The molecule has 1 aromatic heterocycles. The Morgan fingerprint density at radius 2 is 2.00 bits per heavy atom. The number of hydrazine groups is 1. The van der Waals surface area contributed by atoms with Gasteiger partial charge in [0.25, 0.3) is 0 Å². The van der Waals surface area contributed by atoms with Crippen LogP contribution in [0.3, 0.4) is 0 Å². The van der Waals surface area contributed by atoms with Crippen LogP contribution in [0.1, 0.15) is 44.8 Å². The summed E-state index contributed by atoms with van der Waals surface area (Å²) >= 11 is 0. The summed E-state index contributed by atoms with van der Waals surface area (Å²) < 4.78 is 1.89. The summed E-state index contributed by atoms with van der Waals surface area (Å²) in [6, 6.07) is 12.3. The van der Waals surface area contributed by atoms with Gasteiger partial charge in [0, 0.05) is 6.20 Å². The Labute approximate surface area is 121 Å². The maximum atomic E-state index is 5.70. The third kappa shape index (κ3) is 3.68. The SMILES string of the molecule is CCCC(C)CC(NN)c1ccn(-c2ccccc2)n1. The number of para-hydroxylation sites is 1. The molecule has 4 nitrogen and oxygen atoms in total. The maximum absolute atomic E-state index is 5.70. The minimum absolute atomic E-state index is 0.113. The molecule has 1 aromatic carbocycles. The summed E-state index contributed by atoms with van der Waals surface area (Å²) in [5, 5.41) is 4.64. The van der Waals surface area contributed by atoms with Crippen molar-refractivity contribution in [2.75, 3.05) is 0 Å². The van der Waals surface area contributed by atoms with E-state index in [4.69, 9.17) is 5.84 Å². The van der Waals surface area contributed by atoms with Crippen molar-refractivity contribution in [1.82, 2.24) is 15.2 Å². The van der Waals surface area contributed by atoms with Crippen LogP contribution in [-0.2, 0) is 0 Å². The molecule has 0 aliphatic heterocycles. The first kappa shape index (κ1) is 14.8. The van der Waals surface area contributed by atoms with E-state index in [9.17, 15) is 0 Å². The third-order valence-electron chi connectivity index (χ3n) is 3.61. The van der Waals surface area contributed by atoms with Gasteiger partial charge in [-0.3, -0.25) is 11.3 Å². The van der Waals surface area contributed by atoms with E-state index >= 15 is 0 Å². The van der Waals surface area contributed by atoms with Crippen molar-refractivity contribution in [2.45, 2.75) is 39.2 Å². The van der Waals surface area contributed by atoms with E-state index < -0.39 is 0 Å². The first-order chi connectivity index (χ1) is 9.74. The zero-order chi connectivity index (χ0) is 14.4. The van der Waals surface area contributed by atoms with Crippen LogP contribution in [-0.4, -0.2) is 9.78 Å². The molecule has 2 atom stereocenters. The Hall–Kier alpha value is -1.65. The van der Waals surface area contributed by atoms with Gasteiger partial charge in [0.15, 0.2) is 0 Å². The first-order valence-corrected chi connectivity index (χ1v) is 7.31. The standard InChI is InChI=1S/C16H24N4/c1-3-7-13(2)12-16(18-17)15-10-11-20(19-15)14-8-5-4-6-9-14/h4-6,8-11,13,16,18H,3,7,12,17H2,1-2H3. The number of rotatable bonds is 7. The second kappa shape index (κ2) is 7.22. The Morgan fingerprint density at radius 1 is 1.25 bits per heavy atom. The summed E-state index contributed by atoms with van der Waals surface area (Å²) in [7, 11) is 0. The third-order valence-corrected chi connectivity index (χ3v) is 3.61. The highest BCUT2D eigenvalue weighted by molar-refractivity contribution is 5.30. The molecule has 20 heavy (non-hydrogen) atoms. The van der Waals surface area contributed by atoms with Crippen LogP contribution in [0.25, 0.3) is 5.69 Å². The second-order valence-corrected chi connectivity index (χ2v) is 5.37. The lowest BCUT2D eigenvalue weighted by Crippen LogP contribution is -2.29. The molecule has 0 fully saturated rings. The van der Waals surface area contributed by atoms with E-state index in [1.165, 1.54) is 12.8 Å². The molecule has 0 aliphatic rings. The second-order valence-electron chi connectivity index (χ2n) is 5.37. The average molecular weight is 272 g/mol. The molecule has 0 spiro atoms. The van der Waals surface area contributed by atoms with Gasteiger partial charge in [-0.05, 0) is 30.5 Å². The molecular weight excluding hydrogens is 248 g/mol. The highest BCUT2D eigenvalue weighted by atomic mass is 15.3. The lowest BCUT2D eigenvalue weighted by atomic mass is 9.96. The van der Waals surface area contributed by atoms with Crippen molar-refractivity contribution < 1.29 is 0 Å². The molecule has 0 radical (unpaired) electrons.